The van der Waals surface area contributed by atoms with Crippen LogP contribution in [0.1, 0.15) is 26.3 Å². The highest BCUT2D eigenvalue weighted by Gasteiger charge is 2.29. The Balaban J connectivity index is 2.04. The topological polar surface area (TPSA) is 50.4 Å². The molecule has 2 N–H and O–H groups in total. The van der Waals surface area contributed by atoms with E-state index in [4.69, 9.17) is 4.74 Å². The van der Waals surface area contributed by atoms with Gasteiger partial charge in [0.1, 0.15) is 5.75 Å². The molecule has 110 valence electrons. The quantitative estimate of drug-likeness (QED) is 0.888. The van der Waals surface area contributed by atoms with Crippen molar-refractivity contribution in [2.24, 2.45) is 11.8 Å². The minimum Gasteiger partial charge on any atom is -0.491 e. The molecule has 1 aliphatic heterocycles. The summed E-state index contributed by atoms with van der Waals surface area (Å²) in [6, 6.07) is 5.78. The van der Waals surface area contributed by atoms with Gasteiger partial charge in [-0.15, -0.1) is 0 Å². The number of nitrogens with one attached hydrogen (secondary N) is 2. The summed E-state index contributed by atoms with van der Waals surface area (Å²) in [6.07, 6.45) is 0.153. The Morgan fingerprint density at radius 2 is 2.15 bits per heavy atom. The first-order chi connectivity index (χ1) is 9.47. The van der Waals surface area contributed by atoms with E-state index in [0.717, 1.165) is 30.1 Å². The van der Waals surface area contributed by atoms with Crippen molar-refractivity contribution in [2.45, 2.75) is 33.8 Å². The Labute approximate surface area is 120 Å². The first-order valence-corrected chi connectivity index (χ1v) is 7.26. The fourth-order valence-corrected chi connectivity index (χ4v) is 2.51. The van der Waals surface area contributed by atoms with Crippen LogP contribution in [0.3, 0.4) is 0 Å². The zero-order valence-corrected chi connectivity index (χ0v) is 12.7. The molecule has 2 rings (SSSR count). The van der Waals surface area contributed by atoms with Crippen molar-refractivity contribution in [3.63, 3.8) is 0 Å². The van der Waals surface area contributed by atoms with Crippen molar-refractivity contribution < 1.29 is 9.53 Å². The van der Waals surface area contributed by atoms with Crippen LogP contribution in [0.2, 0.25) is 0 Å². The highest BCUT2D eigenvalue weighted by atomic mass is 16.5. The summed E-state index contributed by atoms with van der Waals surface area (Å²) in [5.74, 6) is 1.38. The monoisotopic (exact) mass is 276 g/mol. The normalized spacial score (nSPS) is 22.1. The molecule has 1 amide bonds. The average molecular weight is 276 g/mol. The Morgan fingerprint density at radius 1 is 1.40 bits per heavy atom. The van der Waals surface area contributed by atoms with Crippen LogP contribution in [0.25, 0.3) is 0 Å². The van der Waals surface area contributed by atoms with Gasteiger partial charge in [-0.1, -0.05) is 6.92 Å². The largest absolute Gasteiger partial charge is 0.491 e. The summed E-state index contributed by atoms with van der Waals surface area (Å²) < 4.78 is 5.65. The summed E-state index contributed by atoms with van der Waals surface area (Å²) in [5.41, 5.74) is 1.89. The van der Waals surface area contributed by atoms with Crippen LogP contribution in [0.5, 0.6) is 5.75 Å². The third kappa shape index (κ3) is 3.51. The minimum atomic E-state index is 0.0565. The van der Waals surface area contributed by atoms with Gasteiger partial charge in [0.05, 0.1) is 12.0 Å². The number of benzene rings is 1. The molecule has 4 nitrogen and oxygen atoms in total. The maximum Gasteiger partial charge on any atom is 0.229 e. The number of hydrogen-bond donors (Lipinski definition) is 2. The van der Waals surface area contributed by atoms with Gasteiger partial charge >= 0.3 is 0 Å². The lowest BCUT2D eigenvalue weighted by molar-refractivity contribution is -0.120. The van der Waals surface area contributed by atoms with Crippen LogP contribution in [0, 0.1) is 18.8 Å². The zero-order valence-electron chi connectivity index (χ0n) is 12.7. The van der Waals surface area contributed by atoms with Crippen molar-refractivity contribution in [1.29, 1.82) is 0 Å². The Bertz CT molecular complexity index is 485. The molecule has 1 aliphatic rings. The van der Waals surface area contributed by atoms with E-state index in [1.807, 2.05) is 39.0 Å². The third-order valence-electron chi connectivity index (χ3n) is 3.68. The predicted octanol–water partition coefficient (Wildman–Crippen LogP) is 2.58. The number of aryl methyl sites for hydroxylation is 1. The molecule has 0 unspecified atom stereocenters. The second-order valence-corrected chi connectivity index (χ2v) is 5.87. The van der Waals surface area contributed by atoms with Crippen LogP contribution < -0.4 is 15.4 Å². The number of amides is 1. The van der Waals surface area contributed by atoms with Crippen LogP contribution in [-0.4, -0.2) is 25.1 Å². The Hall–Kier alpha value is -1.55. The van der Waals surface area contributed by atoms with E-state index in [0.29, 0.717) is 5.92 Å². The summed E-state index contributed by atoms with van der Waals surface area (Å²) in [6.45, 7) is 9.77. The standard InChI is InChI=1S/C16H24N2O2/c1-10(2)20-13-5-6-15(11(3)7-13)18-16(19)14-9-17-8-12(14)4/h5-7,10,12,14,17H,8-9H2,1-4H3,(H,18,19)/t12-,14-/m1/s1. The van der Waals surface area contributed by atoms with Gasteiger partial charge in [-0.05, 0) is 57.0 Å². The minimum absolute atomic E-state index is 0.0565. The lowest BCUT2D eigenvalue weighted by Gasteiger charge is -2.17. The van der Waals surface area contributed by atoms with E-state index in [1.54, 1.807) is 0 Å². The number of carbonyl (C=O) groups is 1. The van der Waals surface area contributed by atoms with Crippen molar-refractivity contribution in [3.05, 3.63) is 23.8 Å². The molecule has 1 heterocycles. The van der Waals surface area contributed by atoms with Crippen molar-refractivity contribution in [3.8, 4) is 5.75 Å². The number of rotatable bonds is 4. The molecule has 0 radical (unpaired) electrons. The van der Waals surface area contributed by atoms with Crippen molar-refractivity contribution in [2.75, 3.05) is 18.4 Å². The van der Waals surface area contributed by atoms with Gasteiger partial charge in [-0.2, -0.15) is 0 Å². The first-order valence-electron chi connectivity index (χ1n) is 7.26. The summed E-state index contributed by atoms with van der Waals surface area (Å²) in [5, 5.41) is 6.28. The van der Waals surface area contributed by atoms with E-state index in [2.05, 4.69) is 17.6 Å². The molecule has 0 aromatic heterocycles. The van der Waals surface area contributed by atoms with Crippen LogP contribution >= 0.6 is 0 Å². The predicted molar refractivity (Wildman–Crippen MR) is 81.1 cm³/mol. The van der Waals surface area contributed by atoms with Crippen LogP contribution in [-0.2, 0) is 4.79 Å². The lowest BCUT2D eigenvalue weighted by Crippen LogP contribution is -2.28. The first kappa shape index (κ1) is 14.9. The molecule has 4 heteroatoms. The van der Waals surface area contributed by atoms with Crippen LogP contribution in [0.15, 0.2) is 18.2 Å². The fraction of sp³-hybridized carbons (Fsp3) is 0.562. The van der Waals surface area contributed by atoms with Gasteiger partial charge in [0.15, 0.2) is 0 Å². The number of hydrogen-bond acceptors (Lipinski definition) is 3. The van der Waals surface area contributed by atoms with Gasteiger partial charge < -0.3 is 15.4 Å². The second-order valence-electron chi connectivity index (χ2n) is 5.87. The van der Waals surface area contributed by atoms with E-state index in [1.165, 1.54) is 0 Å². The van der Waals surface area contributed by atoms with Gasteiger partial charge in [0.25, 0.3) is 0 Å². The summed E-state index contributed by atoms with van der Waals surface area (Å²) in [4.78, 5) is 12.3. The molecule has 20 heavy (non-hydrogen) atoms. The SMILES string of the molecule is Cc1cc(OC(C)C)ccc1NC(=O)[C@@H]1CNC[C@H]1C. The molecule has 1 saturated heterocycles. The van der Waals surface area contributed by atoms with E-state index in [9.17, 15) is 4.79 Å². The number of ether oxygens (including phenoxy) is 1. The zero-order chi connectivity index (χ0) is 14.7. The Kier molecular flexibility index (Phi) is 4.65. The Morgan fingerprint density at radius 3 is 2.70 bits per heavy atom. The highest BCUT2D eigenvalue weighted by Crippen LogP contribution is 2.24. The molecule has 2 atom stereocenters. The summed E-state index contributed by atoms with van der Waals surface area (Å²) in [7, 11) is 0. The molecule has 1 aromatic rings. The molecular weight excluding hydrogens is 252 g/mol. The second kappa shape index (κ2) is 6.27. The maximum absolute atomic E-state index is 12.3. The van der Waals surface area contributed by atoms with E-state index >= 15 is 0 Å². The molecule has 0 saturated carbocycles. The summed E-state index contributed by atoms with van der Waals surface area (Å²) >= 11 is 0. The number of anilines is 1. The van der Waals surface area contributed by atoms with Gasteiger partial charge in [-0.25, -0.2) is 0 Å². The highest BCUT2D eigenvalue weighted by molar-refractivity contribution is 5.93. The third-order valence-corrected chi connectivity index (χ3v) is 3.68. The maximum atomic E-state index is 12.3. The molecule has 0 bridgehead atoms. The number of carbonyl (C=O) groups excluding carboxylic acids is 1. The molecule has 0 spiro atoms. The van der Waals surface area contributed by atoms with Gasteiger partial charge in [0.2, 0.25) is 5.91 Å². The molecular formula is C16H24N2O2. The molecule has 1 fully saturated rings. The van der Waals surface area contributed by atoms with Crippen molar-refractivity contribution >= 4 is 11.6 Å². The van der Waals surface area contributed by atoms with E-state index < -0.39 is 0 Å². The van der Waals surface area contributed by atoms with Gasteiger partial charge in [-0.3, -0.25) is 4.79 Å². The fourth-order valence-electron chi connectivity index (χ4n) is 2.51. The lowest BCUT2D eigenvalue weighted by atomic mass is 9.97. The van der Waals surface area contributed by atoms with Gasteiger partial charge in [0, 0.05) is 12.2 Å². The van der Waals surface area contributed by atoms with Crippen molar-refractivity contribution in [1.82, 2.24) is 5.32 Å². The van der Waals surface area contributed by atoms with Crippen LogP contribution in [0.4, 0.5) is 5.69 Å². The smallest absolute Gasteiger partial charge is 0.229 e. The molecule has 0 aliphatic carbocycles. The van der Waals surface area contributed by atoms with E-state index in [-0.39, 0.29) is 17.9 Å². The molecule has 1 aromatic carbocycles. The average Bonchev–Trinajstić information content (AvgIpc) is 2.78.